The molecule has 3 nitrogen and oxygen atoms in total. The van der Waals surface area contributed by atoms with Crippen molar-refractivity contribution in [1.29, 1.82) is 0 Å². The highest BCUT2D eigenvalue weighted by molar-refractivity contribution is 4.51. The normalized spacial score (nSPS) is 11.1. The topological polar surface area (TPSA) is 41.3 Å². The molecular weight excluding hydrogens is 162 g/mol. The highest BCUT2D eigenvalue weighted by atomic mass is 15.0. The lowest BCUT2D eigenvalue weighted by Crippen LogP contribution is -2.19. The van der Waals surface area contributed by atoms with Gasteiger partial charge in [0.15, 0.2) is 0 Å². The molecule has 0 aromatic heterocycles. The molecule has 0 aromatic rings. The van der Waals surface area contributed by atoms with E-state index in [9.17, 15) is 0 Å². The number of rotatable bonds is 9. The summed E-state index contributed by atoms with van der Waals surface area (Å²) in [7, 11) is 4.24. The van der Waals surface area contributed by atoms with Gasteiger partial charge in [0.25, 0.3) is 0 Å². The van der Waals surface area contributed by atoms with Gasteiger partial charge < -0.3 is 16.0 Å². The summed E-state index contributed by atoms with van der Waals surface area (Å²) >= 11 is 0. The predicted molar refractivity (Wildman–Crippen MR) is 58.9 cm³/mol. The molecule has 0 radical (unpaired) electrons. The molecule has 0 saturated carbocycles. The molecule has 0 unspecified atom stereocenters. The lowest BCUT2D eigenvalue weighted by molar-refractivity contribution is 0.391. The van der Waals surface area contributed by atoms with E-state index in [1.807, 2.05) is 0 Å². The zero-order valence-electron chi connectivity index (χ0n) is 9.18. The van der Waals surface area contributed by atoms with Gasteiger partial charge in [0.2, 0.25) is 0 Å². The van der Waals surface area contributed by atoms with Crippen LogP contribution < -0.4 is 11.1 Å². The molecule has 3 N–H and O–H groups in total. The van der Waals surface area contributed by atoms with Gasteiger partial charge in [0, 0.05) is 0 Å². The molecule has 0 fully saturated rings. The quantitative estimate of drug-likeness (QED) is 0.521. The van der Waals surface area contributed by atoms with Crippen LogP contribution in [0, 0.1) is 0 Å². The molecule has 0 aromatic carbocycles. The summed E-state index contributed by atoms with van der Waals surface area (Å²) in [5.41, 5.74) is 5.39. The van der Waals surface area contributed by atoms with E-state index in [2.05, 4.69) is 24.3 Å². The number of nitrogens with zero attached hydrogens (tertiary/aromatic N) is 1. The van der Waals surface area contributed by atoms with Crippen LogP contribution in [0.15, 0.2) is 0 Å². The Labute approximate surface area is 82.7 Å². The minimum Gasteiger partial charge on any atom is -0.330 e. The van der Waals surface area contributed by atoms with Crippen LogP contribution in [-0.4, -0.2) is 45.2 Å². The SMILES string of the molecule is CN(C)CCCCNCCCCN. The van der Waals surface area contributed by atoms with E-state index in [1.54, 1.807) is 0 Å². The van der Waals surface area contributed by atoms with Gasteiger partial charge in [0.1, 0.15) is 0 Å². The summed E-state index contributed by atoms with van der Waals surface area (Å²) in [6.45, 7) is 4.30. The minimum absolute atomic E-state index is 0.822. The zero-order chi connectivity index (χ0) is 9.94. The molecule has 0 aliphatic carbocycles. The molecular formula is C10H25N3. The highest BCUT2D eigenvalue weighted by Crippen LogP contribution is 1.89. The van der Waals surface area contributed by atoms with Crippen LogP contribution in [0.5, 0.6) is 0 Å². The van der Waals surface area contributed by atoms with Gasteiger partial charge in [-0.05, 0) is 66.0 Å². The molecule has 80 valence electrons. The van der Waals surface area contributed by atoms with Gasteiger partial charge in [-0.2, -0.15) is 0 Å². The highest BCUT2D eigenvalue weighted by Gasteiger charge is 1.91. The summed E-state index contributed by atoms with van der Waals surface area (Å²) in [5, 5.41) is 3.42. The van der Waals surface area contributed by atoms with E-state index < -0.39 is 0 Å². The van der Waals surface area contributed by atoms with Crippen molar-refractivity contribution < 1.29 is 0 Å². The molecule has 0 aliphatic heterocycles. The standard InChI is InChI=1S/C10H25N3/c1-13(2)10-6-5-9-12-8-4-3-7-11/h12H,3-11H2,1-2H3. The van der Waals surface area contributed by atoms with Crippen molar-refractivity contribution in [1.82, 2.24) is 10.2 Å². The first kappa shape index (κ1) is 12.9. The Morgan fingerprint density at radius 2 is 1.62 bits per heavy atom. The summed E-state index contributed by atoms with van der Waals surface area (Å²) < 4.78 is 0. The van der Waals surface area contributed by atoms with Crippen molar-refractivity contribution in [3.8, 4) is 0 Å². The van der Waals surface area contributed by atoms with E-state index in [0.717, 1.165) is 26.1 Å². The molecule has 3 heteroatoms. The summed E-state index contributed by atoms with van der Waals surface area (Å²) in [5.74, 6) is 0. The average molecular weight is 187 g/mol. The summed E-state index contributed by atoms with van der Waals surface area (Å²) in [6, 6.07) is 0. The second-order valence-electron chi connectivity index (χ2n) is 3.76. The van der Waals surface area contributed by atoms with Crippen molar-refractivity contribution in [2.75, 3.05) is 40.3 Å². The van der Waals surface area contributed by atoms with Crippen molar-refractivity contribution >= 4 is 0 Å². The first-order chi connectivity index (χ1) is 6.27. The number of hydrogen-bond donors (Lipinski definition) is 2. The lowest BCUT2D eigenvalue weighted by Gasteiger charge is -2.09. The largest absolute Gasteiger partial charge is 0.330 e. The molecule has 0 spiro atoms. The van der Waals surface area contributed by atoms with E-state index >= 15 is 0 Å². The van der Waals surface area contributed by atoms with Crippen molar-refractivity contribution in [2.24, 2.45) is 5.73 Å². The van der Waals surface area contributed by atoms with Crippen LogP contribution >= 0.6 is 0 Å². The van der Waals surface area contributed by atoms with Gasteiger partial charge in [0.05, 0.1) is 0 Å². The monoisotopic (exact) mass is 187 g/mol. The smallest absolute Gasteiger partial charge is 0.00244 e. The summed E-state index contributed by atoms with van der Waals surface area (Å²) in [6.07, 6.45) is 4.92. The average Bonchev–Trinajstić information content (AvgIpc) is 2.09. The first-order valence-corrected chi connectivity index (χ1v) is 5.33. The van der Waals surface area contributed by atoms with Gasteiger partial charge >= 0.3 is 0 Å². The maximum atomic E-state index is 5.39. The van der Waals surface area contributed by atoms with Crippen LogP contribution in [0.2, 0.25) is 0 Å². The second-order valence-corrected chi connectivity index (χ2v) is 3.76. The van der Waals surface area contributed by atoms with E-state index in [0.29, 0.717) is 0 Å². The molecule has 0 heterocycles. The van der Waals surface area contributed by atoms with Crippen LogP contribution in [0.3, 0.4) is 0 Å². The van der Waals surface area contributed by atoms with Crippen LogP contribution in [0.25, 0.3) is 0 Å². The number of unbranched alkanes of at least 4 members (excludes halogenated alkanes) is 2. The molecule has 0 atom stereocenters. The molecule has 0 rings (SSSR count). The van der Waals surface area contributed by atoms with Crippen molar-refractivity contribution in [3.05, 3.63) is 0 Å². The third-order valence-corrected chi connectivity index (χ3v) is 2.02. The lowest BCUT2D eigenvalue weighted by atomic mass is 10.3. The fourth-order valence-electron chi connectivity index (χ4n) is 1.20. The number of hydrogen-bond acceptors (Lipinski definition) is 3. The van der Waals surface area contributed by atoms with Crippen LogP contribution in [0.1, 0.15) is 25.7 Å². The third-order valence-electron chi connectivity index (χ3n) is 2.02. The van der Waals surface area contributed by atoms with E-state index in [1.165, 1.54) is 25.8 Å². The summed E-state index contributed by atoms with van der Waals surface area (Å²) in [4.78, 5) is 2.23. The van der Waals surface area contributed by atoms with E-state index in [4.69, 9.17) is 5.73 Å². The van der Waals surface area contributed by atoms with Gasteiger partial charge in [-0.15, -0.1) is 0 Å². The number of nitrogens with two attached hydrogens (primary N) is 1. The fraction of sp³-hybridized carbons (Fsp3) is 1.00. The predicted octanol–water partition coefficient (Wildman–Crippen LogP) is 0.657. The van der Waals surface area contributed by atoms with Gasteiger partial charge in [-0.1, -0.05) is 0 Å². The Morgan fingerprint density at radius 3 is 2.15 bits per heavy atom. The van der Waals surface area contributed by atoms with Crippen molar-refractivity contribution in [3.63, 3.8) is 0 Å². The van der Waals surface area contributed by atoms with Crippen LogP contribution in [0.4, 0.5) is 0 Å². The van der Waals surface area contributed by atoms with Crippen LogP contribution in [-0.2, 0) is 0 Å². The molecule has 0 aliphatic rings. The Bertz CT molecular complexity index is 94.2. The fourth-order valence-corrected chi connectivity index (χ4v) is 1.20. The minimum atomic E-state index is 0.822. The van der Waals surface area contributed by atoms with Gasteiger partial charge in [-0.25, -0.2) is 0 Å². The Hall–Kier alpha value is -0.120. The number of nitrogens with one attached hydrogen (secondary N) is 1. The molecule has 0 saturated heterocycles. The Kier molecular flexibility index (Phi) is 9.87. The maximum absolute atomic E-state index is 5.39. The maximum Gasteiger partial charge on any atom is -0.00244 e. The van der Waals surface area contributed by atoms with E-state index in [-0.39, 0.29) is 0 Å². The first-order valence-electron chi connectivity index (χ1n) is 5.33. The third kappa shape index (κ3) is 11.9. The zero-order valence-corrected chi connectivity index (χ0v) is 9.18. The second kappa shape index (κ2) is 9.96. The van der Waals surface area contributed by atoms with Crippen molar-refractivity contribution in [2.45, 2.75) is 25.7 Å². The molecule has 13 heavy (non-hydrogen) atoms. The Morgan fingerprint density at radius 1 is 1.00 bits per heavy atom. The molecule has 0 bridgehead atoms. The molecule has 0 amide bonds. The Balaban J connectivity index is 2.84. The van der Waals surface area contributed by atoms with Gasteiger partial charge in [-0.3, -0.25) is 0 Å².